The van der Waals surface area contributed by atoms with Crippen molar-refractivity contribution in [2.24, 2.45) is 0 Å². The molecule has 0 aromatic heterocycles. The van der Waals surface area contributed by atoms with Crippen molar-refractivity contribution in [3.8, 4) is 0 Å². The third-order valence-corrected chi connectivity index (χ3v) is 7.13. The second kappa shape index (κ2) is 5.20. The zero-order valence-electron chi connectivity index (χ0n) is 7.42. The van der Waals surface area contributed by atoms with Crippen molar-refractivity contribution in [2.45, 2.75) is 0 Å². The van der Waals surface area contributed by atoms with Crippen LogP contribution in [0.5, 0.6) is 0 Å². The predicted octanol–water partition coefficient (Wildman–Crippen LogP) is 2.48. The number of aromatic carboxylic acids is 2. The Balaban J connectivity index is 3.83. The number of carboxylic acid groups (broad SMARTS) is 2. The molecule has 0 aliphatic rings. The Labute approximate surface area is 131 Å². The molecule has 8 heteroatoms. The van der Waals surface area contributed by atoms with Gasteiger partial charge in [0.2, 0.25) is 0 Å². The summed E-state index contributed by atoms with van der Waals surface area (Å²) in [6.45, 7) is 0. The maximum atomic E-state index is 11.0. The van der Waals surface area contributed by atoms with Crippen LogP contribution in [0, 0.1) is 10.7 Å². The molecule has 0 amide bonds. The molecule has 0 radical (unpaired) electrons. The van der Waals surface area contributed by atoms with Gasteiger partial charge in [0.25, 0.3) is 0 Å². The van der Waals surface area contributed by atoms with Gasteiger partial charge >= 0.3 is 11.9 Å². The summed E-state index contributed by atoms with van der Waals surface area (Å²) in [6.07, 6.45) is 0. The number of hydrogen-bond donors (Lipinski definition) is 3. The van der Waals surface area contributed by atoms with Crippen molar-refractivity contribution < 1.29 is 19.8 Å². The monoisotopic (exact) mass is 559 g/mol. The van der Waals surface area contributed by atoms with Crippen LogP contribution in [0.4, 0.5) is 5.69 Å². The molecule has 16 heavy (non-hydrogen) atoms. The van der Waals surface area contributed by atoms with E-state index in [9.17, 15) is 9.59 Å². The van der Waals surface area contributed by atoms with Crippen LogP contribution in [-0.2, 0) is 0 Å². The van der Waals surface area contributed by atoms with E-state index in [2.05, 4.69) is 0 Å². The van der Waals surface area contributed by atoms with Crippen LogP contribution in [0.15, 0.2) is 0 Å². The lowest BCUT2D eigenvalue weighted by Gasteiger charge is -2.12. The third kappa shape index (κ3) is 2.37. The first kappa shape index (κ1) is 14.2. The fourth-order valence-corrected chi connectivity index (χ4v) is 3.49. The first-order chi connectivity index (χ1) is 7.29. The van der Waals surface area contributed by atoms with Crippen LogP contribution < -0.4 is 5.73 Å². The largest absolute Gasteiger partial charge is 0.478 e. The summed E-state index contributed by atoms with van der Waals surface area (Å²) < 4.78 is 1.60. The number of benzene rings is 1. The maximum absolute atomic E-state index is 11.0. The number of nitrogen functional groups attached to an aromatic ring is 1. The van der Waals surface area contributed by atoms with Gasteiger partial charge in [0.15, 0.2) is 0 Å². The summed E-state index contributed by atoms with van der Waals surface area (Å²) in [5.41, 5.74) is 5.03. The van der Waals surface area contributed by atoms with E-state index in [4.69, 9.17) is 15.9 Å². The Bertz CT molecular complexity index is 456. The molecule has 0 atom stereocenters. The Hall–Kier alpha value is 0.150. The summed E-state index contributed by atoms with van der Waals surface area (Å²) in [7, 11) is 0. The van der Waals surface area contributed by atoms with Crippen molar-refractivity contribution in [2.75, 3.05) is 5.73 Å². The highest BCUT2D eigenvalue weighted by Crippen LogP contribution is 2.33. The Morgan fingerprint density at radius 2 is 1.31 bits per heavy atom. The molecule has 0 saturated heterocycles. The Morgan fingerprint density at radius 1 is 0.875 bits per heavy atom. The molecule has 0 saturated carbocycles. The van der Waals surface area contributed by atoms with Crippen LogP contribution in [0.25, 0.3) is 0 Å². The molecule has 5 nitrogen and oxygen atoms in total. The summed E-state index contributed by atoms with van der Waals surface area (Å²) in [4.78, 5) is 22.0. The standard InChI is InChI=1S/C8H4I3NO4/c9-3-1(7(13)14)2(8(15)16)6(12)5(11)4(3)10/h12H2,(H,13,14)(H,15,16). The van der Waals surface area contributed by atoms with E-state index in [1.165, 1.54) is 0 Å². The normalized spacial score (nSPS) is 10.2. The molecule has 0 spiro atoms. The second-order valence-corrected chi connectivity index (χ2v) is 5.95. The number of halogens is 3. The zero-order valence-corrected chi connectivity index (χ0v) is 13.9. The van der Waals surface area contributed by atoms with Gasteiger partial charge in [0.05, 0.1) is 20.4 Å². The number of anilines is 1. The van der Waals surface area contributed by atoms with Gasteiger partial charge in [0.1, 0.15) is 0 Å². The highest BCUT2D eigenvalue weighted by Gasteiger charge is 2.27. The number of carbonyl (C=O) groups is 2. The van der Waals surface area contributed by atoms with Crippen LogP contribution in [-0.4, -0.2) is 22.2 Å². The fraction of sp³-hybridized carbons (Fsp3) is 0. The number of nitrogens with two attached hydrogens (primary N) is 1. The number of rotatable bonds is 2. The van der Waals surface area contributed by atoms with Gasteiger partial charge in [-0.1, -0.05) is 0 Å². The molecule has 0 heterocycles. The maximum Gasteiger partial charge on any atom is 0.338 e. The van der Waals surface area contributed by atoms with E-state index < -0.39 is 11.9 Å². The highest BCUT2D eigenvalue weighted by molar-refractivity contribution is 14.1. The molecule has 4 N–H and O–H groups in total. The lowest BCUT2D eigenvalue weighted by molar-refractivity contribution is 0.0651. The minimum absolute atomic E-state index is 0.00434. The molecular formula is C8H4I3NO4. The molecule has 0 bridgehead atoms. The molecule has 0 aliphatic heterocycles. The molecule has 0 fully saturated rings. The zero-order chi connectivity index (χ0) is 12.6. The molecule has 0 unspecified atom stereocenters. The van der Waals surface area contributed by atoms with Gasteiger partial charge in [-0.15, -0.1) is 0 Å². The smallest absolute Gasteiger partial charge is 0.338 e. The first-order valence-corrected chi connectivity index (χ1v) is 6.95. The van der Waals surface area contributed by atoms with Crippen molar-refractivity contribution in [3.63, 3.8) is 0 Å². The SMILES string of the molecule is Nc1c(I)c(I)c(I)c(C(=O)O)c1C(=O)O. The molecular weight excluding hydrogens is 555 g/mol. The highest BCUT2D eigenvalue weighted by atomic mass is 127. The van der Waals surface area contributed by atoms with E-state index in [0.29, 0.717) is 10.7 Å². The van der Waals surface area contributed by atoms with Gasteiger partial charge in [0, 0.05) is 7.14 Å². The van der Waals surface area contributed by atoms with E-state index in [0.717, 1.165) is 0 Å². The number of carboxylic acids is 2. The number of hydrogen-bond acceptors (Lipinski definition) is 3. The fourth-order valence-electron chi connectivity index (χ4n) is 1.10. The minimum Gasteiger partial charge on any atom is -0.478 e. The molecule has 1 aromatic carbocycles. The average molecular weight is 559 g/mol. The van der Waals surface area contributed by atoms with Crippen molar-refractivity contribution in [1.29, 1.82) is 0 Å². The van der Waals surface area contributed by atoms with Crippen molar-refractivity contribution >= 4 is 85.4 Å². The van der Waals surface area contributed by atoms with Gasteiger partial charge in [-0.3, -0.25) is 0 Å². The predicted molar refractivity (Wildman–Crippen MR) is 82.9 cm³/mol. The van der Waals surface area contributed by atoms with Crippen LogP contribution >= 0.6 is 67.8 Å². The van der Waals surface area contributed by atoms with Gasteiger partial charge in [-0.2, -0.15) is 0 Å². The van der Waals surface area contributed by atoms with Gasteiger partial charge < -0.3 is 15.9 Å². The minimum atomic E-state index is -1.33. The quantitative estimate of drug-likeness (QED) is 0.294. The molecule has 1 rings (SSSR count). The van der Waals surface area contributed by atoms with Crippen LogP contribution in [0.3, 0.4) is 0 Å². The summed E-state index contributed by atoms with van der Waals surface area (Å²) in [5.74, 6) is -2.62. The summed E-state index contributed by atoms with van der Waals surface area (Å²) >= 11 is 5.65. The van der Waals surface area contributed by atoms with E-state index in [-0.39, 0.29) is 16.8 Å². The lowest BCUT2D eigenvalue weighted by Crippen LogP contribution is -2.16. The van der Waals surface area contributed by atoms with E-state index in [1.807, 2.05) is 67.8 Å². The molecule has 0 aliphatic carbocycles. The Kier molecular flexibility index (Phi) is 4.62. The summed E-state index contributed by atoms with van der Waals surface area (Å²) in [6, 6.07) is 0. The molecule has 1 aromatic rings. The average Bonchev–Trinajstić information content (AvgIpc) is 2.18. The third-order valence-electron chi connectivity index (χ3n) is 1.79. The van der Waals surface area contributed by atoms with Gasteiger partial charge in [-0.25, -0.2) is 9.59 Å². The Morgan fingerprint density at radius 3 is 1.69 bits per heavy atom. The molecule has 86 valence electrons. The van der Waals surface area contributed by atoms with Gasteiger partial charge in [-0.05, 0) is 67.8 Å². The van der Waals surface area contributed by atoms with Crippen molar-refractivity contribution in [3.05, 3.63) is 21.8 Å². The lowest BCUT2D eigenvalue weighted by atomic mass is 10.1. The van der Waals surface area contributed by atoms with Crippen LogP contribution in [0.1, 0.15) is 20.7 Å². The topological polar surface area (TPSA) is 101 Å². The van der Waals surface area contributed by atoms with Crippen molar-refractivity contribution in [1.82, 2.24) is 0 Å². The second-order valence-electron chi connectivity index (χ2n) is 2.72. The van der Waals surface area contributed by atoms with E-state index >= 15 is 0 Å². The van der Waals surface area contributed by atoms with E-state index in [1.54, 1.807) is 0 Å². The first-order valence-electron chi connectivity index (χ1n) is 3.71. The van der Waals surface area contributed by atoms with Crippen LogP contribution in [0.2, 0.25) is 0 Å². The summed E-state index contributed by atoms with van der Waals surface area (Å²) in [5, 5.41) is 18.0.